The number of hydrogen-bond donors (Lipinski definition) is 2. The summed E-state index contributed by atoms with van der Waals surface area (Å²) in [6.45, 7) is 8.84. The van der Waals surface area contributed by atoms with Crippen LogP contribution in [0.5, 0.6) is 0 Å². The third-order valence-electron chi connectivity index (χ3n) is 4.20. The van der Waals surface area contributed by atoms with Crippen molar-refractivity contribution in [3.63, 3.8) is 0 Å². The molecular formula is C17H28N2O. The Kier molecular flexibility index (Phi) is 4.84. The molecule has 0 aromatic heterocycles. The summed E-state index contributed by atoms with van der Waals surface area (Å²) in [6, 6.07) is 9.06. The number of nitrogens with one attached hydrogen (secondary N) is 1. The lowest BCUT2D eigenvalue weighted by Crippen LogP contribution is -2.45. The van der Waals surface area contributed by atoms with E-state index in [0.717, 1.165) is 19.3 Å². The number of hydrazine groups is 1. The molecule has 0 spiro atoms. The highest BCUT2D eigenvalue weighted by Gasteiger charge is 2.29. The van der Waals surface area contributed by atoms with E-state index in [1.807, 2.05) is 0 Å². The summed E-state index contributed by atoms with van der Waals surface area (Å²) in [5.74, 6) is 5.72. The van der Waals surface area contributed by atoms with Crippen LogP contribution in [0.25, 0.3) is 0 Å². The van der Waals surface area contributed by atoms with Crippen LogP contribution in [0.2, 0.25) is 0 Å². The fourth-order valence-electron chi connectivity index (χ4n) is 2.82. The molecule has 1 aromatic rings. The molecule has 1 fully saturated rings. The van der Waals surface area contributed by atoms with Gasteiger partial charge in [-0.2, -0.15) is 0 Å². The SMILES string of the molecule is CC1CCC(C(Cc2ccc(C(C)(C)C)cc2)NN)O1. The van der Waals surface area contributed by atoms with E-state index in [1.54, 1.807) is 0 Å². The van der Waals surface area contributed by atoms with Gasteiger partial charge in [-0.15, -0.1) is 0 Å². The van der Waals surface area contributed by atoms with E-state index in [2.05, 4.69) is 57.4 Å². The van der Waals surface area contributed by atoms with E-state index in [9.17, 15) is 0 Å². The molecule has 3 nitrogen and oxygen atoms in total. The van der Waals surface area contributed by atoms with Crippen LogP contribution < -0.4 is 11.3 Å². The van der Waals surface area contributed by atoms with Crippen LogP contribution in [0, 0.1) is 0 Å². The fraction of sp³-hybridized carbons (Fsp3) is 0.647. The number of hydrogen-bond acceptors (Lipinski definition) is 3. The Labute approximate surface area is 122 Å². The molecule has 0 radical (unpaired) electrons. The molecule has 0 saturated carbocycles. The molecule has 0 aliphatic carbocycles. The molecular weight excluding hydrogens is 248 g/mol. The van der Waals surface area contributed by atoms with Crippen LogP contribution in [0.3, 0.4) is 0 Å². The van der Waals surface area contributed by atoms with Gasteiger partial charge in [-0.1, -0.05) is 45.0 Å². The highest BCUT2D eigenvalue weighted by atomic mass is 16.5. The number of ether oxygens (including phenoxy) is 1. The Morgan fingerprint density at radius 3 is 2.35 bits per heavy atom. The highest BCUT2D eigenvalue weighted by molar-refractivity contribution is 5.28. The van der Waals surface area contributed by atoms with Gasteiger partial charge in [-0.25, -0.2) is 0 Å². The summed E-state index contributed by atoms with van der Waals surface area (Å²) < 4.78 is 5.92. The van der Waals surface area contributed by atoms with Gasteiger partial charge in [0.05, 0.1) is 18.2 Å². The third kappa shape index (κ3) is 3.81. The Hall–Kier alpha value is -0.900. The van der Waals surface area contributed by atoms with E-state index in [0.29, 0.717) is 6.10 Å². The molecule has 1 aromatic carbocycles. The smallest absolute Gasteiger partial charge is 0.0749 e. The number of nitrogens with two attached hydrogens (primary N) is 1. The molecule has 1 saturated heterocycles. The lowest BCUT2D eigenvalue weighted by Gasteiger charge is -2.24. The van der Waals surface area contributed by atoms with E-state index in [1.165, 1.54) is 11.1 Å². The zero-order chi connectivity index (χ0) is 14.8. The molecule has 1 aliphatic heterocycles. The molecule has 112 valence electrons. The summed E-state index contributed by atoms with van der Waals surface area (Å²) >= 11 is 0. The van der Waals surface area contributed by atoms with Crippen molar-refractivity contribution in [2.24, 2.45) is 5.84 Å². The largest absolute Gasteiger partial charge is 0.374 e. The summed E-state index contributed by atoms with van der Waals surface area (Å²) in [6.07, 6.45) is 3.73. The molecule has 20 heavy (non-hydrogen) atoms. The van der Waals surface area contributed by atoms with E-state index < -0.39 is 0 Å². The maximum atomic E-state index is 5.92. The second-order valence-electron chi connectivity index (χ2n) is 6.99. The molecule has 3 atom stereocenters. The van der Waals surface area contributed by atoms with Gasteiger partial charge < -0.3 is 4.74 Å². The maximum absolute atomic E-state index is 5.92. The van der Waals surface area contributed by atoms with Crippen molar-refractivity contribution in [2.45, 2.75) is 70.6 Å². The van der Waals surface area contributed by atoms with Crippen molar-refractivity contribution >= 4 is 0 Å². The van der Waals surface area contributed by atoms with E-state index >= 15 is 0 Å². The van der Waals surface area contributed by atoms with Crippen molar-refractivity contribution in [1.82, 2.24) is 5.43 Å². The summed E-state index contributed by atoms with van der Waals surface area (Å²) in [5.41, 5.74) is 5.81. The monoisotopic (exact) mass is 276 g/mol. The van der Waals surface area contributed by atoms with E-state index in [4.69, 9.17) is 10.6 Å². The number of benzene rings is 1. The van der Waals surface area contributed by atoms with Gasteiger partial charge >= 0.3 is 0 Å². The molecule has 0 amide bonds. The normalized spacial score (nSPS) is 24.9. The minimum Gasteiger partial charge on any atom is -0.374 e. The van der Waals surface area contributed by atoms with Crippen molar-refractivity contribution in [1.29, 1.82) is 0 Å². The molecule has 2 rings (SSSR count). The molecule has 0 bridgehead atoms. The molecule has 3 unspecified atom stereocenters. The van der Waals surface area contributed by atoms with Crippen molar-refractivity contribution in [2.75, 3.05) is 0 Å². The second-order valence-corrected chi connectivity index (χ2v) is 6.99. The first-order valence-electron chi connectivity index (χ1n) is 7.61. The van der Waals surface area contributed by atoms with Crippen LogP contribution in [0.15, 0.2) is 24.3 Å². The first-order valence-corrected chi connectivity index (χ1v) is 7.61. The van der Waals surface area contributed by atoms with Crippen LogP contribution >= 0.6 is 0 Å². The summed E-state index contributed by atoms with van der Waals surface area (Å²) in [5, 5.41) is 0. The maximum Gasteiger partial charge on any atom is 0.0749 e. The molecule has 1 heterocycles. The first kappa shape index (κ1) is 15.5. The predicted molar refractivity (Wildman–Crippen MR) is 83.5 cm³/mol. The lowest BCUT2D eigenvalue weighted by molar-refractivity contribution is 0.0320. The Balaban J connectivity index is 2.01. The molecule has 3 heteroatoms. The predicted octanol–water partition coefficient (Wildman–Crippen LogP) is 2.93. The third-order valence-corrected chi connectivity index (χ3v) is 4.20. The van der Waals surface area contributed by atoms with Crippen molar-refractivity contribution < 1.29 is 4.74 Å². The van der Waals surface area contributed by atoms with Crippen molar-refractivity contribution in [3.8, 4) is 0 Å². The Bertz CT molecular complexity index is 422. The quantitative estimate of drug-likeness (QED) is 0.656. The van der Waals surface area contributed by atoms with Gasteiger partial charge in [-0.3, -0.25) is 11.3 Å². The zero-order valence-corrected chi connectivity index (χ0v) is 13.1. The summed E-state index contributed by atoms with van der Waals surface area (Å²) in [7, 11) is 0. The standard InChI is InChI=1S/C17H28N2O/c1-12-5-10-16(20-12)15(19-18)11-13-6-8-14(9-7-13)17(2,3)4/h6-9,12,15-16,19H,5,10-11,18H2,1-4H3. The van der Waals surface area contributed by atoms with Gasteiger partial charge in [0, 0.05) is 0 Å². The van der Waals surface area contributed by atoms with Crippen LogP contribution in [-0.4, -0.2) is 18.2 Å². The van der Waals surface area contributed by atoms with E-state index in [-0.39, 0.29) is 17.6 Å². The average Bonchev–Trinajstić information content (AvgIpc) is 2.82. The van der Waals surface area contributed by atoms with Crippen LogP contribution in [0.4, 0.5) is 0 Å². The van der Waals surface area contributed by atoms with Crippen LogP contribution in [0.1, 0.15) is 51.7 Å². The van der Waals surface area contributed by atoms with Gasteiger partial charge in [-0.05, 0) is 42.7 Å². The first-order chi connectivity index (χ1) is 9.40. The second kappa shape index (κ2) is 6.25. The minimum absolute atomic E-state index is 0.195. The lowest BCUT2D eigenvalue weighted by atomic mass is 9.86. The molecule has 3 N–H and O–H groups in total. The molecule has 1 aliphatic rings. The average molecular weight is 276 g/mol. The highest BCUT2D eigenvalue weighted by Crippen LogP contribution is 2.25. The van der Waals surface area contributed by atoms with Gasteiger partial charge in [0.15, 0.2) is 0 Å². The fourth-order valence-corrected chi connectivity index (χ4v) is 2.82. The van der Waals surface area contributed by atoms with Gasteiger partial charge in [0.2, 0.25) is 0 Å². The Morgan fingerprint density at radius 1 is 1.25 bits per heavy atom. The number of rotatable bonds is 4. The topological polar surface area (TPSA) is 47.3 Å². The van der Waals surface area contributed by atoms with Crippen LogP contribution in [-0.2, 0) is 16.6 Å². The zero-order valence-electron chi connectivity index (χ0n) is 13.1. The van der Waals surface area contributed by atoms with Crippen molar-refractivity contribution in [3.05, 3.63) is 35.4 Å². The minimum atomic E-state index is 0.195. The van der Waals surface area contributed by atoms with Gasteiger partial charge in [0.25, 0.3) is 0 Å². The van der Waals surface area contributed by atoms with Gasteiger partial charge in [0.1, 0.15) is 0 Å². The summed E-state index contributed by atoms with van der Waals surface area (Å²) in [4.78, 5) is 0. The Morgan fingerprint density at radius 2 is 1.90 bits per heavy atom.